The fourth-order valence-corrected chi connectivity index (χ4v) is 6.96. The van der Waals surface area contributed by atoms with Crippen molar-refractivity contribution in [2.45, 2.75) is 59.7 Å². The van der Waals surface area contributed by atoms with Gasteiger partial charge < -0.3 is 4.40 Å². The first-order chi connectivity index (χ1) is 15.9. The fourth-order valence-electron chi connectivity index (χ4n) is 5.81. The number of aromatic nitrogens is 2. The third-order valence-electron chi connectivity index (χ3n) is 8.00. The Balaban J connectivity index is 2.01. The predicted octanol–water partition coefficient (Wildman–Crippen LogP) is 7.27. The van der Waals surface area contributed by atoms with Crippen LogP contribution in [0.4, 0.5) is 0 Å². The molecule has 172 valence electrons. The zero-order chi connectivity index (χ0) is 24.3. The Kier molecular flexibility index (Phi) is 4.20. The van der Waals surface area contributed by atoms with E-state index in [4.69, 9.17) is 0 Å². The van der Waals surface area contributed by atoms with E-state index in [0.29, 0.717) is 0 Å². The molecule has 3 aromatic carbocycles. The van der Waals surface area contributed by atoms with Crippen LogP contribution >= 0.6 is 0 Å². The van der Waals surface area contributed by atoms with E-state index >= 15 is 0 Å². The maximum absolute atomic E-state index is 2.58. The van der Waals surface area contributed by atoms with Crippen LogP contribution in [-0.2, 0) is 12.5 Å². The van der Waals surface area contributed by atoms with Gasteiger partial charge in [0.25, 0.3) is 0 Å². The van der Waals surface area contributed by atoms with Crippen LogP contribution in [-0.4, -0.2) is 12.5 Å². The largest absolute Gasteiger partial charge is 0.307 e. The predicted molar refractivity (Wildman–Crippen MR) is 151 cm³/mol. The summed E-state index contributed by atoms with van der Waals surface area (Å²) >= 11 is 0. The lowest BCUT2D eigenvalue weighted by molar-refractivity contribution is -0.643. The second-order valence-corrected chi connectivity index (χ2v) is 17.5. The van der Waals surface area contributed by atoms with Gasteiger partial charge >= 0.3 is 0 Å². The highest BCUT2D eigenvalue weighted by Gasteiger charge is 2.27. The van der Waals surface area contributed by atoms with Crippen LogP contribution in [0.25, 0.3) is 49.0 Å². The minimum Gasteiger partial charge on any atom is -0.307 e. The Bertz CT molecular complexity index is 1790. The van der Waals surface area contributed by atoms with Crippen molar-refractivity contribution in [3.63, 3.8) is 0 Å². The zero-order valence-corrected chi connectivity index (χ0v) is 23.0. The summed E-state index contributed by atoms with van der Waals surface area (Å²) in [5.41, 5.74) is 9.64. The van der Waals surface area contributed by atoms with E-state index in [-0.39, 0.29) is 5.41 Å². The second-order valence-electron chi connectivity index (χ2n) is 12.4. The number of hydrogen-bond donors (Lipinski definition) is 0. The molecule has 3 heteroatoms. The first-order valence-corrected chi connectivity index (χ1v) is 15.9. The molecule has 0 aliphatic heterocycles. The molecule has 0 spiro atoms. The van der Waals surface area contributed by atoms with Crippen LogP contribution in [0.2, 0.25) is 19.6 Å². The molecule has 0 radical (unpaired) electrons. The minimum absolute atomic E-state index is 0.117. The van der Waals surface area contributed by atoms with Crippen LogP contribution in [0, 0.1) is 13.8 Å². The summed E-state index contributed by atoms with van der Waals surface area (Å²) in [6.07, 6.45) is 2.25. The second kappa shape index (κ2) is 6.60. The third-order valence-corrected chi connectivity index (χ3v) is 10.0. The lowest BCUT2D eigenvalue weighted by Crippen LogP contribution is -2.38. The van der Waals surface area contributed by atoms with Crippen LogP contribution in [0.3, 0.4) is 0 Å². The normalized spacial score (nSPS) is 13.4. The smallest absolute Gasteiger partial charge is 0.224 e. The van der Waals surface area contributed by atoms with Gasteiger partial charge in [-0.05, 0) is 65.6 Å². The first kappa shape index (κ1) is 21.6. The Morgan fingerprint density at radius 2 is 1.56 bits per heavy atom. The summed E-state index contributed by atoms with van der Waals surface area (Å²) in [5, 5.41) is 8.39. The number of nitrogens with zero attached hydrogens (tertiary/aromatic N) is 2. The van der Waals surface area contributed by atoms with Crippen molar-refractivity contribution in [1.29, 1.82) is 0 Å². The van der Waals surface area contributed by atoms with Gasteiger partial charge in [0, 0.05) is 16.8 Å². The lowest BCUT2D eigenvalue weighted by atomic mass is 9.86. The fraction of sp³-hybridized carbons (Fsp3) is 0.323. The topological polar surface area (TPSA) is 8.29 Å². The highest BCUT2D eigenvalue weighted by atomic mass is 28.3. The maximum Gasteiger partial charge on any atom is 0.224 e. The lowest BCUT2D eigenvalue weighted by Gasteiger charge is -2.20. The van der Waals surface area contributed by atoms with E-state index in [0.717, 1.165) is 0 Å². The van der Waals surface area contributed by atoms with E-state index in [1.807, 2.05) is 0 Å². The number of fused-ring (bicyclic) bond motifs is 5. The molecule has 0 saturated carbocycles. The summed E-state index contributed by atoms with van der Waals surface area (Å²) in [7, 11) is 0.702. The highest BCUT2D eigenvalue weighted by Crippen LogP contribution is 2.42. The van der Waals surface area contributed by atoms with Gasteiger partial charge in [0.2, 0.25) is 5.52 Å². The van der Waals surface area contributed by atoms with Crippen molar-refractivity contribution in [3.05, 3.63) is 65.4 Å². The molecular weight excluding hydrogens is 428 g/mol. The molecule has 0 aliphatic carbocycles. The molecular formula is C31H35N2Si+. The van der Waals surface area contributed by atoms with E-state index in [9.17, 15) is 0 Å². The van der Waals surface area contributed by atoms with Crippen LogP contribution in [0.1, 0.15) is 37.5 Å². The van der Waals surface area contributed by atoms with Crippen molar-refractivity contribution in [3.8, 4) is 0 Å². The standard InChI is InChI=1S/C31H35N2Si/c1-18-14-24-23-16-21(31(3,4)5)10-11-25(23)33-26-17-22(34(7,8)9)15-20-12-13-32(6)30(28(20)26)27(19(18)2)29(24)33/h10-17H,1-9H3/q+1. The highest BCUT2D eigenvalue weighted by molar-refractivity contribution is 6.89. The van der Waals surface area contributed by atoms with Crippen molar-refractivity contribution in [1.82, 2.24) is 4.40 Å². The van der Waals surface area contributed by atoms with Gasteiger partial charge in [-0.1, -0.05) is 57.7 Å². The van der Waals surface area contributed by atoms with Gasteiger partial charge in [-0.15, -0.1) is 0 Å². The van der Waals surface area contributed by atoms with Gasteiger partial charge in [-0.2, -0.15) is 0 Å². The molecule has 0 unspecified atom stereocenters. The average molecular weight is 464 g/mol. The Morgan fingerprint density at radius 1 is 0.824 bits per heavy atom. The van der Waals surface area contributed by atoms with Crippen molar-refractivity contribution in [2.75, 3.05) is 0 Å². The van der Waals surface area contributed by atoms with Gasteiger partial charge in [-0.25, -0.2) is 4.57 Å². The minimum atomic E-state index is -1.50. The van der Waals surface area contributed by atoms with Gasteiger partial charge in [0.15, 0.2) is 6.20 Å². The molecule has 2 nitrogen and oxygen atoms in total. The van der Waals surface area contributed by atoms with Crippen LogP contribution in [0.15, 0.2) is 48.7 Å². The molecule has 3 aromatic heterocycles. The van der Waals surface area contributed by atoms with Gasteiger partial charge in [0.05, 0.1) is 35.4 Å². The molecule has 0 saturated heterocycles. The molecule has 34 heavy (non-hydrogen) atoms. The summed E-state index contributed by atoms with van der Waals surface area (Å²) in [6.45, 7) is 18.9. The summed E-state index contributed by atoms with van der Waals surface area (Å²) < 4.78 is 4.92. The van der Waals surface area contributed by atoms with Gasteiger partial charge in [-0.3, -0.25) is 0 Å². The Hall–Kier alpha value is -2.91. The number of benzene rings is 3. The van der Waals surface area contributed by atoms with Crippen molar-refractivity contribution < 1.29 is 4.57 Å². The summed E-state index contributed by atoms with van der Waals surface area (Å²) in [5.74, 6) is 0. The molecule has 0 fully saturated rings. The Labute approximate surface area is 203 Å². The molecule has 0 atom stereocenters. The van der Waals surface area contributed by atoms with Crippen LogP contribution < -0.4 is 9.75 Å². The van der Waals surface area contributed by atoms with E-state index in [2.05, 4.69) is 119 Å². The molecule has 3 heterocycles. The van der Waals surface area contributed by atoms with Gasteiger partial charge in [0.1, 0.15) is 7.05 Å². The Morgan fingerprint density at radius 3 is 2.24 bits per heavy atom. The average Bonchev–Trinajstić information content (AvgIpc) is 3.07. The maximum atomic E-state index is 2.58. The van der Waals surface area contributed by atoms with E-state index in [1.165, 1.54) is 70.9 Å². The number of pyridine rings is 2. The van der Waals surface area contributed by atoms with Crippen molar-refractivity contribution >= 4 is 62.3 Å². The number of hydrogen-bond acceptors (Lipinski definition) is 0. The molecule has 6 rings (SSSR count). The molecule has 0 bridgehead atoms. The van der Waals surface area contributed by atoms with Crippen LogP contribution in [0.5, 0.6) is 0 Å². The first-order valence-electron chi connectivity index (χ1n) is 12.4. The number of rotatable bonds is 1. The molecule has 0 amide bonds. The van der Waals surface area contributed by atoms with Crippen molar-refractivity contribution in [2.24, 2.45) is 7.05 Å². The summed E-state index contributed by atoms with van der Waals surface area (Å²) in [4.78, 5) is 0. The monoisotopic (exact) mass is 463 g/mol. The third kappa shape index (κ3) is 2.77. The molecule has 0 N–H and O–H groups in total. The number of aryl methyl sites for hydroxylation is 3. The van der Waals surface area contributed by atoms with E-state index in [1.54, 1.807) is 0 Å². The quantitative estimate of drug-likeness (QED) is 0.105. The zero-order valence-electron chi connectivity index (χ0n) is 22.0. The molecule has 0 aliphatic rings. The summed E-state index contributed by atoms with van der Waals surface area (Å²) in [6, 6.07) is 16.9. The SMILES string of the molecule is Cc1cc2c3cc(C(C)(C)C)ccc3n3c4cc([Si](C)(C)C)cc5cc[n+](C)c(c(c1C)c23)c54. The van der Waals surface area contributed by atoms with E-state index < -0.39 is 8.07 Å². The molecule has 6 aromatic rings.